The molecule has 1 aliphatic carbocycles. The lowest BCUT2D eigenvalue weighted by molar-refractivity contribution is 0.242. The van der Waals surface area contributed by atoms with E-state index in [-0.39, 0.29) is 6.03 Å². The smallest absolute Gasteiger partial charge is 0.314 e. The molecule has 1 saturated carbocycles. The van der Waals surface area contributed by atoms with Crippen LogP contribution in [0, 0.1) is 5.92 Å². The SMILES string of the molecule is CNC(=O)NCc1ccnc(OCC2CC2)c1. The van der Waals surface area contributed by atoms with E-state index in [2.05, 4.69) is 15.6 Å². The van der Waals surface area contributed by atoms with Gasteiger partial charge in [0.1, 0.15) is 0 Å². The van der Waals surface area contributed by atoms with Crippen molar-refractivity contribution in [2.75, 3.05) is 13.7 Å². The minimum Gasteiger partial charge on any atom is -0.477 e. The molecule has 0 bridgehead atoms. The fourth-order valence-electron chi connectivity index (χ4n) is 1.40. The summed E-state index contributed by atoms with van der Waals surface area (Å²) in [6.45, 7) is 1.22. The molecule has 0 unspecified atom stereocenters. The van der Waals surface area contributed by atoms with Crippen LogP contribution in [0.25, 0.3) is 0 Å². The third kappa shape index (κ3) is 3.94. The number of urea groups is 1. The van der Waals surface area contributed by atoms with Gasteiger partial charge in [0.2, 0.25) is 5.88 Å². The van der Waals surface area contributed by atoms with Crippen molar-refractivity contribution in [3.63, 3.8) is 0 Å². The van der Waals surface area contributed by atoms with Gasteiger partial charge in [0.25, 0.3) is 0 Å². The van der Waals surface area contributed by atoms with E-state index in [9.17, 15) is 4.79 Å². The normalized spacial score (nSPS) is 14.2. The van der Waals surface area contributed by atoms with Crippen molar-refractivity contribution in [2.24, 2.45) is 5.92 Å². The van der Waals surface area contributed by atoms with Crippen LogP contribution in [0.2, 0.25) is 0 Å². The van der Waals surface area contributed by atoms with Crippen molar-refractivity contribution >= 4 is 6.03 Å². The first-order chi connectivity index (χ1) is 8.28. The van der Waals surface area contributed by atoms with E-state index in [0.717, 1.165) is 12.2 Å². The molecule has 1 aliphatic rings. The summed E-state index contributed by atoms with van der Waals surface area (Å²) in [5, 5.41) is 5.22. The van der Waals surface area contributed by atoms with E-state index in [1.165, 1.54) is 12.8 Å². The third-order valence-corrected chi connectivity index (χ3v) is 2.64. The van der Waals surface area contributed by atoms with E-state index < -0.39 is 0 Å². The highest BCUT2D eigenvalue weighted by Gasteiger charge is 2.22. The maximum absolute atomic E-state index is 11.0. The molecule has 1 fully saturated rings. The van der Waals surface area contributed by atoms with Crippen LogP contribution in [-0.2, 0) is 6.54 Å². The first kappa shape index (κ1) is 11.7. The van der Waals surface area contributed by atoms with Crippen molar-refractivity contribution in [3.8, 4) is 5.88 Å². The molecule has 1 aromatic heterocycles. The molecular formula is C12H17N3O2. The number of nitrogens with one attached hydrogen (secondary N) is 2. The lowest BCUT2D eigenvalue weighted by atomic mass is 10.2. The summed E-state index contributed by atoms with van der Waals surface area (Å²) >= 11 is 0. The quantitative estimate of drug-likeness (QED) is 0.808. The van der Waals surface area contributed by atoms with E-state index >= 15 is 0 Å². The summed E-state index contributed by atoms with van der Waals surface area (Å²) in [6, 6.07) is 3.53. The Morgan fingerprint density at radius 2 is 2.41 bits per heavy atom. The summed E-state index contributed by atoms with van der Waals surface area (Å²) in [5.74, 6) is 1.34. The Labute approximate surface area is 101 Å². The van der Waals surface area contributed by atoms with Crippen LogP contribution in [0.4, 0.5) is 4.79 Å². The highest BCUT2D eigenvalue weighted by Crippen LogP contribution is 2.29. The molecule has 5 nitrogen and oxygen atoms in total. The molecule has 92 valence electrons. The van der Waals surface area contributed by atoms with Crippen molar-refractivity contribution in [3.05, 3.63) is 23.9 Å². The van der Waals surface area contributed by atoms with Crippen LogP contribution in [0.15, 0.2) is 18.3 Å². The Kier molecular flexibility index (Phi) is 3.80. The Balaban J connectivity index is 1.84. The lowest BCUT2D eigenvalue weighted by Crippen LogP contribution is -2.32. The summed E-state index contributed by atoms with van der Waals surface area (Å²) in [7, 11) is 1.59. The van der Waals surface area contributed by atoms with E-state index in [0.29, 0.717) is 18.3 Å². The van der Waals surface area contributed by atoms with Gasteiger partial charge in [0.05, 0.1) is 6.61 Å². The van der Waals surface area contributed by atoms with Crippen molar-refractivity contribution in [1.82, 2.24) is 15.6 Å². The van der Waals surface area contributed by atoms with Gasteiger partial charge in [-0.25, -0.2) is 9.78 Å². The predicted octanol–water partition coefficient (Wildman–Crippen LogP) is 1.30. The van der Waals surface area contributed by atoms with E-state index in [4.69, 9.17) is 4.74 Å². The molecule has 17 heavy (non-hydrogen) atoms. The van der Waals surface area contributed by atoms with Crippen molar-refractivity contribution in [2.45, 2.75) is 19.4 Å². The summed E-state index contributed by atoms with van der Waals surface area (Å²) in [4.78, 5) is 15.2. The van der Waals surface area contributed by atoms with Crippen LogP contribution >= 0.6 is 0 Å². The van der Waals surface area contributed by atoms with Crippen LogP contribution in [0.5, 0.6) is 5.88 Å². The number of nitrogens with zero attached hydrogens (tertiary/aromatic N) is 1. The number of amides is 2. The van der Waals surface area contributed by atoms with Gasteiger partial charge >= 0.3 is 6.03 Å². The number of ether oxygens (including phenoxy) is 1. The highest BCUT2D eigenvalue weighted by molar-refractivity contribution is 5.73. The minimum absolute atomic E-state index is 0.192. The molecular weight excluding hydrogens is 218 g/mol. The minimum atomic E-state index is -0.192. The third-order valence-electron chi connectivity index (χ3n) is 2.64. The van der Waals surface area contributed by atoms with Crippen LogP contribution in [0.1, 0.15) is 18.4 Å². The van der Waals surface area contributed by atoms with Gasteiger partial charge in [0, 0.05) is 25.9 Å². The lowest BCUT2D eigenvalue weighted by Gasteiger charge is -2.07. The molecule has 0 saturated heterocycles. The topological polar surface area (TPSA) is 63.2 Å². The number of aromatic nitrogens is 1. The number of hydrogen-bond donors (Lipinski definition) is 2. The number of rotatable bonds is 5. The van der Waals surface area contributed by atoms with Crippen molar-refractivity contribution in [1.29, 1.82) is 0 Å². The molecule has 5 heteroatoms. The number of pyridine rings is 1. The Bertz CT molecular complexity index is 391. The molecule has 1 aromatic rings. The maximum Gasteiger partial charge on any atom is 0.314 e. The second-order valence-electron chi connectivity index (χ2n) is 4.19. The zero-order chi connectivity index (χ0) is 12.1. The molecule has 2 N–H and O–H groups in total. The molecule has 1 heterocycles. The van der Waals surface area contributed by atoms with Crippen molar-refractivity contribution < 1.29 is 9.53 Å². The van der Waals surface area contributed by atoms with Crippen LogP contribution in [0.3, 0.4) is 0 Å². The Morgan fingerprint density at radius 3 is 3.12 bits per heavy atom. The number of carbonyl (C=O) groups is 1. The average molecular weight is 235 g/mol. The number of carbonyl (C=O) groups excluding carboxylic acids is 1. The predicted molar refractivity (Wildman–Crippen MR) is 63.8 cm³/mol. The van der Waals surface area contributed by atoms with E-state index in [1.807, 2.05) is 12.1 Å². The summed E-state index contributed by atoms with van der Waals surface area (Å²) in [6.07, 6.45) is 4.22. The highest BCUT2D eigenvalue weighted by atomic mass is 16.5. The van der Waals surface area contributed by atoms with Crippen LogP contribution in [-0.4, -0.2) is 24.7 Å². The summed E-state index contributed by atoms with van der Waals surface area (Å²) < 4.78 is 5.56. The Hall–Kier alpha value is -1.78. The largest absolute Gasteiger partial charge is 0.477 e. The first-order valence-corrected chi connectivity index (χ1v) is 5.81. The monoisotopic (exact) mass is 235 g/mol. The first-order valence-electron chi connectivity index (χ1n) is 5.81. The fraction of sp³-hybridized carbons (Fsp3) is 0.500. The zero-order valence-corrected chi connectivity index (χ0v) is 9.90. The zero-order valence-electron chi connectivity index (χ0n) is 9.90. The number of hydrogen-bond acceptors (Lipinski definition) is 3. The van der Waals surface area contributed by atoms with Gasteiger partial charge < -0.3 is 15.4 Å². The molecule has 0 aromatic carbocycles. The van der Waals surface area contributed by atoms with Gasteiger partial charge in [-0.3, -0.25) is 0 Å². The molecule has 0 aliphatic heterocycles. The molecule has 0 radical (unpaired) electrons. The maximum atomic E-state index is 11.0. The Morgan fingerprint density at radius 1 is 1.59 bits per heavy atom. The molecule has 2 rings (SSSR count). The second kappa shape index (κ2) is 5.52. The molecule has 0 atom stereocenters. The average Bonchev–Trinajstić information content (AvgIpc) is 3.18. The van der Waals surface area contributed by atoms with Gasteiger partial charge in [0.15, 0.2) is 0 Å². The standard InChI is InChI=1S/C12H17N3O2/c1-13-12(16)15-7-10-4-5-14-11(6-10)17-8-9-2-3-9/h4-6,9H,2-3,7-8H2,1H3,(H2,13,15,16). The summed E-state index contributed by atoms with van der Waals surface area (Å²) in [5.41, 5.74) is 0.981. The van der Waals surface area contributed by atoms with Gasteiger partial charge in [-0.2, -0.15) is 0 Å². The van der Waals surface area contributed by atoms with Gasteiger partial charge in [-0.15, -0.1) is 0 Å². The second-order valence-corrected chi connectivity index (χ2v) is 4.19. The van der Waals surface area contributed by atoms with Gasteiger partial charge in [-0.05, 0) is 30.4 Å². The van der Waals surface area contributed by atoms with E-state index in [1.54, 1.807) is 13.2 Å². The van der Waals surface area contributed by atoms with Gasteiger partial charge in [-0.1, -0.05) is 0 Å². The fourth-order valence-corrected chi connectivity index (χ4v) is 1.40. The molecule has 0 spiro atoms. The van der Waals surface area contributed by atoms with Crippen LogP contribution < -0.4 is 15.4 Å². The molecule has 2 amide bonds.